The molecule has 0 aromatic heterocycles. The second-order valence-electron chi connectivity index (χ2n) is 4.85. The van der Waals surface area contributed by atoms with Gasteiger partial charge in [0.25, 0.3) is 0 Å². The number of rotatable bonds is 7. The highest BCUT2D eigenvalue weighted by atomic mass is 35.5. The highest BCUT2D eigenvalue weighted by molar-refractivity contribution is 7.97. The number of nitrogens with zero attached hydrogens (tertiary/aromatic N) is 1. The molecule has 0 unspecified atom stereocenters. The molecule has 0 amide bonds. The maximum absolute atomic E-state index is 5.76. The summed E-state index contributed by atoms with van der Waals surface area (Å²) in [7, 11) is 5.02. The molecule has 2 rings (SSSR count). The molecule has 1 aromatic carbocycles. The van der Waals surface area contributed by atoms with E-state index in [1.54, 1.807) is 33.3 Å². The molecule has 0 saturated carbocycles. The number of halogens is 1. The predicted octanol–water partition coefficient (Wildman–Crippen LogP) is 3.48. The van der Waals surface area contributed by atoms with Crippen LogP contribution in [0.15, 0.2) is 23.1 Å². The van der Waals surface area contributed by atoms with Crippen LogP contribution in [0.4, 0.5) is 0 Å². The zero-order valence-corrected chi connectivity index (χ0v) is 14.3. The van der Waals surface area contributed by atoms with Crippen molar-refractivity contribution in [3.05, 3.63) is 23.8 Å². The van der Waals surface area contributed by atoms with Crippen LogP contribution in [0.5, 0.6) is 5.75 Å². The standard InChI is InChI=1S/C15H22ClNO3S/c1-18-12-7-6-8-13-14(12)15(19-2,20-3)11-17(21-13)10-5-4-9-16/h6-8H,4-5,9-11H2,1-3H3. The van der Waals surface area contributed by atoms with E-state index in [0.29, 0.717) is 12.4 Å². The van der Waals surface area contributed by atoms with Crippen LogP contribution in [-0.2, 0) is 15.3 Å². The maximum Gasteiger partial charge on any atom is 0.213 e. The average molecular weight is 332 g/mol. The van der Waals surface area contributed by atoms with Gasteiger partial charge in [-0.05, 0) is 36.9 Å². The second kappa shape index (κ2) is 7.70. The Hall–Kier alpha value is -0.460. The van der Waals surface area contributed by atoms with Gasteiger partial charge in [-0.25, -0.2) is 4.31 Å². The molecule has 0 spiro atoms. The van der Waals surface area contributed by atoms with Crippen molar-refractivity contribution >= 4 is 23.5 Å². The lowest BCUT2D eigenvalue weighted by Crippen LogP contribution is -2.45. The minimum atomic E-state index is -0.797. The van der Waals surface area contributed by atoms with E-state index in [4.69, 9.17) is 25.8 Å². The summed E-state index contributed by atoms with van der Waals surface area (Å²) in [5.41, 5.74) is 0.969. The van der Waals surface area contributed by atoms with Crippen molar-refractivity contribution in [1.29, 1.82) is 0 Å². The Bertz CT molecular complexity index is 468. The van der Waals surface area contributed by atoms with E-state index >= 15 is 0 Å². The summed E-state index contributed by atoms with van der Waals surface area (Å²) in [6, 6.07) is 6.00. The summed E-state index contributed by atoms with van der Waals surface area (Å²) in [6.07, 6.45) is 2.07. The molecule has 21 heavy (non-hydrogen) atoms. The van der Waals surface area contributed by atoms with E-state index in [1.165, 1.54) is 0 Å². The molecule has 4 nitrogen and oxygen atoms in total. The molecule has 6 heteroatoms. The number of methoxy groups -OCH3 is 3. The first kappa shape index (κ1) is 16.9. The van der Waals surface area contributed by atoms with Crippen molar-refractivity contribution in [3.8, 4) is 5.75 Å². The van der Waals surface area contributed by atoms with Crippen molar-refractivity contribution in [1.82, 2.24) is 4.31 Å². The van der Waals surface area contributed by atoms with Gasteiger partial charge in [-0.3, -0.25) is 0 Å². The van der Waals surface area contributed by atoms with Crippen LogP contribution in [0.2, 0.25) is 0 Å². The number of benzene rings is 1. The molecular weight excluding hydrogens is 310 g/mol. The van der Waals surface area contributed by atoms with E-state index in [9.17, 15) is 0 Å². The monoisotopic (exact) mass is 331 g/mol. The van der Waals surface area contributed by atoms with Crippen molar-refractivity contribution in [3.63, 3.8) is 0 Å². The Kier molecular flexibility index (Phi) is 6.20. The van der Waals surface area contributed by atoms with Gasteiger partial charge in [0.15, 0.2) is 0 Å². The summed E-state index contributed by atoms with van der Waals surface area (Å²) < 4.78 is 19.3. The van der Waals surface area contributed by atoms with Gasteiger partial charge in [0.2, 0.25) is 5.79 Å². The van der Waals surface area contributed by atoms with Crippen LogP contribution >= 0.6 is 23.5 Å². The first-order chi connectivity index (χ1) is 10.2. The van der Waals surface area contributed by atoms with Crippen LogP contribution in [0, 0.1) is 0 Å². The highest BCUT2D eigenvalue weighted by Gasteiger charge is 2.43. The lowest BCUT2D eigenvalue weighted by atomic mass is 10.0. The molecule has 118 valence electrons. The molecule has 0 saturated heterocycles. The molecule has 0 atom stereocenters. The van der Waals surface area contributed by atoms with Crippen molar-refractivity contribution in [2.24, 2.45) is 0 Å². The molecular formula is C15H22ClNO3S. The number of ether oxygens (including phenoxy) is 3. The lowest BCUT2D eigenvalue weighted by Gasteiger charge is -2.41. The minimum Gasteiger partial charge on any atom is -0.496 e. The van der Waals surface area contributed by atoms with Crippen LogP contribution in [0.25, 0.3) is 0 Å². The number of hydrogen-bond acceptors (Lipinski definition) is 5. The number of fused-ring (bicyclic) bond motifs is 1. The van der Waals surface area contributed by atoms with Gasteiger partial charge in [-0.15, -0.1) is 11.6 Å². The zero-order valence-electron chi connectivity index (χ0n) is 12.7. The lowest BCUT2D eigenvalue weighted by molar-refractivity contribution is -0.223. The summed E-state index contributed by atoms with van der Waals surface area (Å²) in [4.78, 5) is 1.11. The third-order valence-electron chi connectivity index (χ3n) is 3.65. The third-order valence-corrected chi connectivity index (χ3v) is 5.03. The molecule has 1 heterocycles. The van der Waals surface area contributed by atoms with Gasteiger partial charge in [-0.2, -0.15) is 0 Å². The summed E-state index contributed by atoms with van der Waals surface area (Å²) >= 11 is 7.48. The van der Waals surface area contributed by atoms with Crippen LogP contribution in [-0.4, -0.2) is 44.6 Å². The predicted molar refractivity (Wildman–Crippen MR) is 86.1 cm³/mol. The molecule has 0 aliphatic carbocycles. The smallest absolute Gasteiger partial charge is 0.213 e. The van der Waals surface area contributed by atoms with Crippen LogP contribution < -0.4 is 4.74 Å². The molecule has 0 N–H and O–H groups in total. The van der Waals surface area contributed by atoms with Gasteiger partial charge >= 0.3 is 0 Å². The Morgan fingerprint density at radius 1 is 1.24 bits per heavy atom. The fourth-order valence-electron chi connectivity index (χ4n) is 2.54. The van der Waals surface area contributed by atoms with Crippen molar-refractivity contribution in [2.45, 2.75) is 23.5 Å². The topological polar surface area (TPSA) is 30.9 Å². The maximum atomic E-state index is 5.76. The number of unbranched alkanes of at least 4 members (excludes halogenated alkanes) is 1. The van der Waals surface area contributed by atoms with Gasteiger partial charge in [-0.1, -0.05) is 6.07 Å². The van der Waals surface area contributed by atoms with Crippen LogP contribution in [0.1, 0.15) is 18.4 Å². The highest BCUT2D eigenvalue weighted by Crippen LogP contribution is 2.46. The number of hydrogen-bond donors (Lipinski definition) is 0. The normalized spacial score (nSPS) is 17.5. The Morgan fingerprint density at radius 2 is 2.00 bits per heavy atom. The summed E-state index contributed by atoms with van der Waals surface area (Å²) in [6.45, 7) is 1.60. The van der Waals surface area contributed by atoms with Crippen LogP contribution in [0.3, 0.4) is 0 Å². The summed E-state index contributed by atoms with van der Waals surface area (Å²) in [5.74, 6) is 0.695. The van der Waals surface area contributed by atoms with Gasteiger partial charge in [0.1, 0.15) is 5.75 Å². The minimum absolute atomic E-state index is 0.653. The SMILES string of the molecule is COc1cccc2c1C(OC)(OC)CN(CCCCCl)S2. The van der Waals surface area contributed by atoms with E-state index in [0.717, 1.165) is 35.6 Å². The van der Waals surface area contributed by atoms with E-state index < -0.39 is 5.79 Å². The average Bonchev–Trinajstić information content (AvgIpc) is 2.53. The molecule has 0 fully saturated rings. The van der Waals surface area contributed by atoms with Gasteiger partial charge in [0, 0.05) is 31.5 Å². The summed E-state index contributed by atoms with van der Waals surface area (Å²) in [5, 5.41) is 0. The molecule has 0 radical (unpaired) electrons. The molecule has 0 bridgehead atoms. The van der Waals surface area contributed by atoms with E-state index in [2.05, 4.69) is 10.4 Å². The first-order valence-corrected chi connectivity index (χ1v) is 8.28. The molecule has 1 aliphatic heterocycles. The fraction of sp³-hybridized carbons (Fsp3) is 0.600. The van der Waals surface area contributed by atoms with E-state index in [-0.39, 0.29) is 0 Å². The molecule has 1 aromatic rings. The first-order valence-electron chi connectivity index (χ1n) is 6.97. The fourth-order valence-corrected chi connectivity index (χ4v) is 3.95. The Balaban J connectivity index is 2.32. The third kappa shape index (κ3) is 3.48. The quantitative estimate of drug-likeness (QED) is 0.330. The molecule has 1 aliphatic rings. The Labute approximate surface area is 135 Å². The van der Waals surface area contributed by atoms with Gasteiger partial charge < -0.3 is 14.2 Å². The zero-order chi connectivity index (χ0) is 15.3. The largest absolute Gasteiger partial charge is 0.496 e. The number of alkyl halides is 1. The van der Waals surface area contributed by atoms with E-state index in [1.807, 2.05) is 12.1 Å². The van der Waals surface area contributed by atoms with Crippen molar-refractivity contribution in [2.75, 3.05) is 40.3 Å². The van der Waals surface area contributed by atoms with Gasteiger partial charge in [0.05, 0.1) is 19.2 Å². The second-order valence-corrected chi connectivity index (χ2v) is 6.36. The Morgan fingerprint density at radius 3 is 2.62 bits per heavy atom. The van der Waals surface area contributed by atoms with Crippen molar-refractivity contribution < 1.29 is 14.2 Å².